The molecule has 2 heterocycles. The third-order valence-corrected chi connectivity index (χ3v) is 6.00. The number of hydrogen-bond donors (Lipinski definition) is 1. The normalized spacial score (nSPS) is 22.5. The number of ether oxygens (including phenoxy) is 2. The van der Waals surface area contributed by atoms with Crippen LogP contribution in [0.3, 0.4) is 0 Å². The Morgan fingerprint density at radius 1 is 1.27 bits per heavy atom. The third-order valence-electron chi connectivity index (χ3n) is 6.00. The Balaban J connectivity index is 1.94. The van der Waals surface area contributed by atoms with Crippen molar-refractivity contribution in [1.82, 2.24) is 14.8 Å². The summed E-state index contributed by atoms with van der Waals surface area (Å²) < 4.78 is 12.0. The summed E-state index contributed by atoms with van der Waals surface area (Å²) in [7, 11) is 3.46. The molecule has 3 atom stereocenters. The molecule has 0 bridgehead atoms. The van der Waals surface area contributed by atoms with Crippen molar-refractivity contribution in [3.63, 3.8) is 0 Å². The van der Waals surface area contributed by atoms with Crippen LogP contribution < -0.4 is 10.1 Å². The van der Waals surface area contributed by atoms with Crippen LogP contribution in [0.2, 0.25) is 0 Å². The second-order valence-electron chi connectivity index (χ2n) is 8.78. The van der Waals surface area contributed by atoms with Crippen LogP contribution in [0, 0.1) is 5.92 Å². The van der Waals surface area contributed by atoms with Crippen LogP contribution in [0.25, 0.3) is 0 Å². The molecule has 1 N–H and O–H groups in total. The molecule has 33 heavy (non-hydrogen) atoms. The lowest BCUT2D eigenvalue weighted by Gasteiger charge is -2.36. The fourth-order valence-corrected chi connectivity index (χ4v) is 4.07. The number of carbonyl (C=O) groups is 2. The summed E-state index contributed by atoms with van der Waals surface area (Å²) in [6, 6.07) is 9.20. The largest absolute Gasteiger partial charge is 0.491 e. The smallest absolute Gasteiger partial charge is 0.257 e. The molecule has 2 aromatic rings. The molecule has 1 aromatic carbocycles. The maximum atomic E-state index is 13.2. The van der Waals surface area contributed by atoms with Crippen molar-refractivity contribution in [2.45, 2.75) is 39.5 Å². The predicted octanol–water partition coefficient (Wildman–Crippen LogP) is 3.05. The van der Waals surface area contributed by atoms with Gasteiger partial charge in [-0.1, -0.05) is 13.0 Å². The van der Waals surface area contributed by atoms with E-state index in [2.05, 4.69) is 35.1 Å². The summed E-state index contributed by atoms with van der Waals surface area (Å²) in [5.74, 6) is 0.313. The van der Waals surface area contributed by atoms with Gasteiger partial charge in [0, 0.05) is 70.9 Å². The van der Waals surface area contributed by atoms with Crippen LogP contribution in [0.4, 0.5) is 5.69 Å². The first-order valence-corrected chi connectivity index (χ1v) is 11.2. The van der Waals surface area contributed by atoms with E-state index in [1.807, 2.05) is 12.3 Å². The number of benzene rings is 1. The van der Waals surface area contributed by atoms with Crippen LogP contribution in [-0.4, -0.2) is 72.6 Å². The number of hydrogen-bond acceptors (Lipinski definition) is 6. The molecule has 0 spiro atoms. The van der Waals surface area contributed by atoms with E-state index in [1.54, 1.807) is 43.5 Å². The Hall–Kier alpha value is -2.97. The van der Waals surface area contributed by atoms with Gasteiger partial charge in [0.25, 0.3) is 5.91 Å². The van der Waals surface area contributed by atoms with E-state index < -0.39 is 0 Å². The molecular formula is C25H34N4O4. The van der Waals surface area contributed by atoms with Crippen LogP contribution in [0.5, 0.6) is 5.75 Å². The maximum absolute atomic E-state index is 13.2. The molecule has 0 radical (unpaired) electrons. The number of rotatable bonds is 4. The summed E-state index contributed by atoms with van der Waals surface area (Å²) in [4.78, 5) is 33.0. The second-order valence-corrected chi connectivity index (χ2v) is 8.78. The van der Waals surface area contributed by atoms with Gasteiger partial charge >= 0.3 is 0 Å². The SMILES string of the molecule is CO[C@@H]1CN(C)C(=O)c2ccc(NC(C)=O)cc2OC[C@@H](C)N(Cc2cccnc2)C[C@@H]1C. The molecule has 0 saturated heterocycles. The zero-order valence-corrected chi connectivity index (χ0v) is 20.1. The molecule has 2 amide bonds. The summed E-state index contributed by atoms with van der Waals surface area (Å²) in [6.45, 7) is 8.06. The van der Waals surface area contributed by atoms with Crippen molar-refractivity contribution < 1.29 is 19.1 Å². The molecule has 8 heteroatoms. The Morgan fingerprint density at radius 3 is 2.73 bits per heavy atom. The van der Waals surface area contributed by atoms with Crippen molar-refractivity contribution in [3.05, 3.63) is 53.9 Å². The van der Waals surface area contributed by atoms with Crippen LogP contribution in [0.15, 0.2) is 42.7 Å². The van der Waals surface area contributed by atoms with Gasteiger partial charge in [-0.2, -0.15) is 0 Å². The molecule has 3 rings (SSSR count). The molecule has 178 valence electrons. The number of nitrogens with zero attached hydrogens (tertiary/aromatic N) is 3. The Labute approximate surface area is 195 Å². The van der Waals surface area contributed by atoms with E-state index in [4.69, 9.17) is 9.47 Å². The fraction of sp³-hybridized carbons (Fsp3) is 0.480. The van der Waals surface area contributed by atoms with Crippen molar-refractivity contribution in [2.75, 3.05) is 39.2 Å². The number of amides is 2. The third kappa shape index (κ3) is 6.52. The summed E-state index contributed by atoms with van der Waals surface area (Å²) in [5.41, 5.74) is 2.17. The Morgan fingerprint density at radius 2 is 2.06 bits per heavy atom. The van der Waals surface area contributed by atoms with E-state index in [0.717, 1.165) is 18.7 Å². The number of likely N-dealkylation sites (N-methyl/N-ethyl adjacent to an activating group) is 1. The van der Waals surface area contributed by atoms with Gasteiger partial charge in [-0.15, -0.1) is 0 Å². The Kier molecular flexibility index (Phi) is 8.41. The van der Waals surface area contributed by atoms with Gasteiger partial charge in [-0.05, 0) is 36.6 Å². The Bertz CT molecular complexity index is 953. The van der Waals surface area contributed by atoms with E-state index >= 15 is 0 Å². The van der Waals surface area contributed by atoms with E-state index in [0.29, 0.717) is 30.2 Å². The number of fused-ring (bicyclic) bond motifs is 1. The zero-order valence-electron chi connectivity index (χ0n) is 20.1. The van der Waals surface area contributed by atoms with Gasteiger partial charge in [-0.25, -0.2) is 0 Å². The van der Waals surface area contributed by atoms with E-state index in [-0.39, 0.29) is 29.9 Å². The lowest BCUT2D eigenvalue weighted by molar-refractivity contribution is -0.114. The highest BCUT2D eigenvalue weighted by molar-refractivity contribution is 5.98. The minimum absolute atomic E-state index is 0.0645. The monoisotopic (exact) mass is 454 g/mol. The molecule has 0 saturated carbocycles. The number of aromatic nitrogens is 1. The predicted molar refractivity (Wildman–Crippen MR) is 127 cm³/mol. The first-order chi connectivity index (χ1) is 15.8. The van der Waals surface area contributed by atoms with Crippen LogP contribution in [0.1, 0.15) is 36.7 Å². The minimum atomic E-state index is -0.181. The van der Waals surface area contributed by atoms with E-state index in [9.17, 15) is 9.59 Å². The molecule has 1 aliphatic heterocycles. The summed E-state index contributed by atoms with van der Waals surface area (Å²) in [6.07, 6.45) is 3.53. The van der Waals surface area contributed by atoms with Crippen molar-refractivity contribution in [2.24, 2.45) is 5.92 Å². The molecule has 1 aromatic heterocycles. The van der Waals surface area contributed by atoms with Gasteiger partial charge < -0.3 is 19.7 Å². The fourth-order valence-electron chi connectivity index (χ4n) is 4.07. The van der Waals surface area contributed by atoms with Gasteiger partial charge in [-0.3, -0.25) is 19.5 Å². The molecule has 8 nitrogen and oxygen atoms in total. The van der Waals surface area contributed by atoms with E-state index in [1.165, 1.54) is 6.92 Å². The summed E-state index contributed by atoms with van der Waals surface area (Å²) in [5, 5.41) is 2.76. The highest BCUT2D eigenvalue weighted by Gasteiger charge is 2.28. The number of nitrogens with one attached hydrogen (secondary N) is 1. The van der Waals surface area contributed by atoms with Crippen LogP contribution >= 0.6 is 0 Å². The van der Waals surface area contributed by atoms with Gasteiger partial charge in [0.1, 0.15) is 12.4 Å². The first-order valence-electron chi connectivity index (χ1n) is 11.2. The summed E-state index contributed by atoms with van der Waals surface area (Å²) >= 11 is 0. The average Bonchev–Trinajstić information content (AvgIpc) is 2.79. The lowest BCUT2D eigenvalue weighted by Crippen LogP contribution is -2.46. The number of pyridine rings is 1. The standard InChI is InChI=1S/C25H34N4O4/c1-17-13-29(14-20-7-6-10-26-12-20)18(2)16-33-23-11-21(27-19(3)30)8-9-22(23)25(31)28(4)15-24(17)32-5/h6-12,17-18,24H,13-16H2,1-5H3,(H,27,30)/t17-,18+,24+/m0/s1. The lowest BCUT2D eigenvalue weighted by atomic mass is 10.0. The molecular weight excluding hydrogens is 420 g/mol. The van der Waals surface area contributed by atoms with Gasteiger partial charge in [0.2, 0.25) is 5.91 Å². The highest BCUT2D eigenvalue weighted by Crippen LogP contribution is 2.27. The molecule has 0 aliphatic carbocycles. The van der Waals surface area contributed by atoms with Crippen molar-refractivity contribution in [3.8, 4) is 5.75 Å². The number of carbonyl (C=O) groups excluding carboxylic acids is 2. The maximum Gasteiger partial charge on any atom is 0.257 e. The number of anilines is 1. The zero-order chi connectivity index (χ0) is 24.0. The average molecular weight is 455 g/mol. The van der Waals surface area contributed by atoms with Crippen molar-refractivity contribution >= 4 is 17.5 Å². The minimum Gasteiger partial charge on any atom is -0.491 e. The quantitative estimate of drug-likeness (QED) is 0.765. The van der Waals surface area contributed by atoms with Gasteiger partial charge in [0.15, 0.2) is 0 Å². The topological polar surface area (TPSA) is 84.0 Å². The molecule has 1 aliphatic rings. The van der Waals surface area contributed by atoms with Crippen LogP contribution in [-0.2, 0) is 16.1 Å². The number of methoxy groups -OCH3 is 1. The molecule has 0 fully saturated rings. The highest BCUT2D eigenvalue weighted by atomic mass is 16.5. The molecule has 0 unspecified atom stereocenters. The first kappa shape index (κ1) is 24.7. The second kappa shape index (κ2) is 11.2. The van der Waals surface area contributed by atoms with Gasteiger partial charge in [0.05, 0.1) is 11.7 Å². The van der Waals surface area contributed by atoms with Crippen molar-refractivity contribution in [1.29, 1.82) is 0 Å².